The standard InChI is InChI=1S/C16H20N4O3S/c1-20-15(12-7-4-3-5-8-12)18-19-16(20)24-11-13(21)17-10-6-9-14(22)23-2/h3-5,7-8H,6,9-11H2,1-2H3,(H,17,21). The van der Waals surface area contributed by atoms with Gasteiger partial charge in [-0.05, 0) is 6.42 Å². The first-order valence-corrected chi connectivity index (χ1v) is 8.51. The topological polar surface area (TPSA) is 86.1 Å². The van der Waals surface area contributed by atoms with Gasteiger partial charge >= 0.3 is 5.97 Å². The zero-order valence-electron chi connectivity index (χ0n) is 13.7. The second-order valence-corrected chi connectivity index (χ2v) is 5.99. The van der Waals surface area contributed by atoms with Gasteiger partial charge in [0.2, 0.25) is 5.91 Å². The summed E-state index contributed by atoms with van der Waals surface area (Å²) in [5, 5.41) is 11.8. The fourth-order valence-electron chi connectivity index (χ4n) is 2.02. The minimum absolute atomic E-state index is 0.103. The van der Waals surface area contributed by atoms with E-state index in [4.69, 9.17) is 0 Å². The van der Waals surface area contributed by atoms with Crippen LogP contribution in [0.5, 0.6) is 0 Å². The fourth-order valence-corrected chi connectivity index (χ4v) is 2.76. The lowest BCUT2D eigenvalue weighted by molar-refractivity contribution is -0.140. The summed E-state index contributed by atoms with van der Waals surface area (Å²) in [7, 11) is 3.22. The first-order chi connectivity index (χ1) is 11.6. The number of thioether (sulfide) groups is 1. The number of rotatable bonds is 8. The minimum Gasteiger partial charge on any atom is -0.469 e. The molecular formula is C16H20N4O3S. The van der Waals surface area contributed by atoms with Gasteiger partial charge in [-0.25, -0.2) is 0 Å². The van der Waals surface area contributed by atoms with Gasteiger partial charge in [-0.1, -0.05) is 42.1 Å². The van der Waals surface area contributed by atoms with Gasteiger partial charge < -0.3 is 14.6 Å². The van der Waals surface area contributed by atoms with Crippen molar-refractivity contribution in [1.82, 2.24) is 20.1 Å². The molecule has 0 radical (unpaired) electrons. The third-order valence-electron chi connectivity index (χ3n) is 3.31. The molecule has 0 saturated carbocycles. The van der Waals surface area contributed by atoms with E-state index in [1.54, 1.807) is 0 Å². The lowest BCUT2D eigenvalue weighted by atomic mass is 10.2. The van der Waals surface area contributed by atoms with Crippen LogP contribution in [0.2, 0.25) is 0 Å². The van der Waals surface area contributed by atoms with Crippen molar-refractivity contribution in [2.75, 3.05) is 19.4 Å². The van der Waals surface area contributed by atoms with E-state index in [0.717, 1.165) is 11.4 Å². The number of methoxy groups -OCH3 is 1. The predicted molar refractivity (Wildman–Crippen MR) is 91.4 cm³/mol. The maximum absolute atomic E-state index is 11.8. The van der Waals surface area contributed by atoms with Gasteiger partial charge in [0, 0.05) is 25.6 Å². The Morgan fingerprint density at radius 1 is 1.25 bits per heavy atom. The normalized spacial score (nSPS) is 10.4. The third-order valence-corrected chi connectivity index (χ3v) is 4.33. The highest BCUT2D eigenvalue weighted by molar-refractivity contribution is 7.99. The van der Waals surface area contributed by atoms with Crippen LogP contribution in [0.25, 0.3) is 11.4 Å². The molecule has 0 bridgehead atoms. The highest BCUT2D eigenvalue weighted by atomic mass is 32.2. The maximum Gasteiger partial charge on any atom is 0.305 e. The average molecular weight is 348 g/mol. The van der Waals surface area contributed by atoms with Crippen molar-refractivity contribution in [2.45, 2.75) is 18.0 Å². The van der Waals surface area contributed by atoms with Crippen molar-refractivity contribution >= 4 is 23.6 Å². The number of hydrogen-bond donors (Lipinski definition) is 1. The number of benzene rings is 1. The van der Waals surface area contributed by atoms with Crippen LogP contribution >= 0.6 is 11.8 Å². The molecule has 0 saturated heterocycles. The molecular weight excluding hydrogens is 328 g/mol. The number of aromatic nitrogens is 3. The Balaban J connectivity index is 1.79. The Morgan fingerprint density at radius 2 is 2.00 bits per heavy atom. The van der Waals surface area contributed by atoms with Crippen molar-refractivity contribution in [3.8, 4) is 11.4 Å². The Bertz CT molecular complexity index is 688. The quantitative estimate of drug-likeness (QED) is 0.443. The molecule has 0 unspecified atom stereocenters. The molecule has 0 atom stereocenters. The minimum atomic E-state index is -0.272. The van der Waals surface area contributed by atoms with Gasteiger partial charge in [0.05, 0.1) is 12.9 Å². The van der Waals surface area contributed by atoms with Crippen LogP contribution in [0.4, 0.5) is 0 Å². The number of carbonyl (C=O) groups is 2. The van der Waals surface area contributed by atoms with E-state index in [9.17, 15) is 9.59 Å². The molecule has 128 valence electrons. The van der Waals surface area contributed by atoms with Crippen molar-refractivity contribution < 1.29 is 14.3 Å². The Hall–Kier alpha value is -2.35. The molecule has 0 aliphatic rings. The number of carbonyl (C=O) groups excluding carboxylic acids is 2. The maximum atomic E-state index is 11.8. The largest absolute Gasteiger partial charge is 0.469 e. The number of nitrogens with zero attached hydrogens (tertiary/aromatic N) is 3. The molecule has 1 heterocycles. The van der Waals surface area contributed by atoms with Gasteiger partial charge in [-0.15, -0.1) is 10.2 Å². The first-order valence-electron chi connectivity index (χ1n) is 7.53. The van der Waals surface area contributed by atoms with Crippen LogP contribution in [-0.2, 0) is 21.4 Å². The summed E-state index contributed by atoms with van der Waals surface area (Å²) in [6, 6.07) is 9.76. The molecule has 0 spiro atoms. The lowest BCUT2D eigenvalue weighted by Gasteiger charge is -2.05. The average Bonchev–Trinajstić information content (AvgIpc) is 2.98. The number of hydrogen-bond acceptors (Lipinski definition) is 6. The second-order valence-electron chi connectivity index (χ2n) is 5.05. The molecule has 2 aromatic rings. The molecule has 1 aromatic heterocycles. The molecule has 2 rings (SSSR count). The molecule has 24 heavy (non-hydrogen) atoms. The first kappa shape index (κ1) is 18.0. The van der Waals surface area contributed by atoms with Gasteiger partial charge in [0.1, 0.15) is 0 Å². The van der Waals surface area contributed by atoms with Gasteiger partial charge in [-0.2, -0.15) is 0 Å². The lowest BCUT2D eigenvalue weighted by Crippen LogP contribution is -2.26. The molecule has 0 aliphatic heterocycles. The van der Waals surface area contributed by atoms with Crippen molar-refractivity contribution in [3.05, 3.63) is 30.3 Å². The zero-order valence-corrected chi connectivity index (χ0v) is 14.5. The number of esters is 1. The Kier molecular flexibility index (Phi) is 6.80. The summed E-state index contributed by atoms with van der Waals surface area (Å²) >= 11 is 1.33. The summed E-state index contributed by atoms with van der Waals surface area (Å²) in [6.07, 6.45) is 0.860. The number of nitrogens with one attached hydrogen (secondary N) is 1. The van der Waals surface area contributed by atoms with E-state index in [-0.39, 0.29) is 17.6 Å². The molecule has 7 nitrogen and oxygen atoms in total. The van der Waals surface area contributed by atoms with Gasteiger partial charge in [-0.3, -0.25) is 9.59 Å². The Labute approximate surface area is 144 Å². The molecule has 1 N–H and O–H groups in total. The van der Waals surface area contributed by atoms with Crippen molar-refractivity contribution in [3.63, 3.8) is 0 Å². The van der Waals surface area contributed by atoms with Gasteiger partial charge in [0.15, 0.2) is 11.0 Å². The highest BCUT2D eigenvalue weighted by Gasteiger charge is 2.12. The van der Waals surface area contributed by atoms with E-state index in [1.807, 2.05) is 41.9 Å². The summed E-state index contributed by atoms with van der Waals surface area (Å²) < 4.78 is 6.41. The second kappa shape index (κ2) is 9.07. The summed E-state index contributed by atoms with van der Waals surface area (Å²) in [5.41, 5.74) is 0.978. The third kappa shape index (κ3) is 5.09. The van der Waals surface area contributed by atoms with Crippen LogP contribution in [0.15, 0.2) is 35.5 Å². The summed E-state index contributed by atoms with van der Waals surface area (Å²) in [4.78, 5) is 22.8. The van der Waals surface area contributed by atoms with Crippen LogP contribution in [-0.4, -0.2) is 46.0 Å². The van der Waals surface area contributed by atoms with E-state index in [0.29, 0.717) is 24.5 Å². The zero-order chi connectivity index (χ0) is 17.4. The van der Waals surface area contributed by atoms with Crippen molar-refractivity contribution in [2.24, 2.45) is 7.05 Å². The molecule has 1 amide bonds. The highest BCUT2D eigenvalue weighted by Crippen LogP contribution is 2.22. The van der Waals surface area contributed by atoms with E-state index in [1.165, 1.54) is 18.9 Å². The fraction of sp³-hybridized carbons (Fsp3) is 0.375. The SMILES string of the molecule is COC(=O)CCCNC(=O)CSc1nnc(-c2ccccc2)n1C. The van der Waals surface area contributed by atoms with Crippen LogP contribution < -0.4 is 5.32 Å². The molecule has 0 fully saturated rings. The smallest absolute Gasteiger partial charge is 0.305 e. The van der Waals surface area contributed by atoms with Crippen LogP contribution in [0, 0.1) is 0 Å². The van der Waals surface area contributed by atoms with Gasteiger partial charge in [0.25, 0.3) is 0 Å². The Morgan fingerprint density at radius 3 is 2.71 bits per heavy atom. The van der Waals surface area contributed by atoms with E-state index in [2.05, 4.69) is 20.3 Å². The molecule has 1 aromatic carbocycles. The monoisotopic (exact) mass is 348 g/mol. The number of amides is 1. The van der Waals surface area contributed by atoms with Crippen LogP contribution in [0.3, 0.4) is 0 Å². The summed E-state index contributed by atoms with van der Waals surface area (Å²) in [6.45, 7) is 0.447. The number of ether oxygens (including phenoxy) is 1. The molecule has 0 aliphatic carbocycles. The molecule has 8 heteroatoms. The van der Waals surface area contributed by atoms with Crippen LogP contribution in [0.1, 0.15) is 12.8 Å². The van der Waals surface area contributed by atoms with E-state index < -0.39 is 0 Å². The summed E-state index contributed by atoms with van der Waals surface area (Å²) in [5.74, 6) is 0.635. The van der Waals surface area contributed by atoms with Crippen molar-refractivity contribution in [1.29, 1.82) is 0 Å². The van der Waals surface area contributed by atoms with E-state index >= 15 is 0 Å². The predicted octanol–water partition coefficient (Wildman–Crippen LogP) is 1.64.